The van der Waals surface area contributed by atoms with Crippen LogP contribution in [0.4, 0.5) is 5.69 Å². The monoisotopic (exact) mass is 202 g/mol. The van der Waals surface area contributed by atoms with Gasteiger partial charge in [0.05, 0.1) is 6.67 Å². The highest BCUT2D eigenvalue weighted by Gasteiger charge is 2.31. The molecule has 3 rings (SSSR count). The van der Waals surface area contributed by atoms with Gasteiger partial charge >= 0.3 is 0 Å². The second kappa shape index (κ2) is 3.86. The first kappa shape index (κ1) is 9.22. The van der Waals surface area contributed by atoms with E-state index in [4.69, 9.17) is 0 Å². The number of hydrogen-bond donors (Lipinski definition) is 0. The van der Waals surface area contributed by atoms with Crippen LogP contribution in [0.3, 0.4) is 0 Å². The summed E-state index contributed by atoms with van der Waals surface area (Å²) in [5.74, 6) is 0. The summed E-state index contributed by atoms with van der Waals surface area (Å²) in [4.78, 5) is 5.15. The first-order valence-electron chi connectivity index (χ1n) is 5.97. The zero-order valence-electron chi connectivity index (χ0n) is 9.10. The predicted octanol–water partition coefficient (Wildman–Crippen LogP) is 2.32. The standard InChI is InChI=1S/C13H18N2/c1-2-6-12(7-3-1)15-10-13-8-4-5-9-14(13)11-15/h1-3,6-7,13H,4-5,8-11H2. The van der Waals surface area contributed by atoms with E-state index in [1.165, 1.54) is 38.0 Å². The molecule has 2 saturated heterocycles. The minimum Gasteiger partial charge on any atom is -0.357 e. The van der Waals surface area contributed by atoms with Crippen molar-refractivity contribution in [2.24, 2.45) is 0 Å². The van der Waals surface area contributed by atoms with Gasteiger partial charge in [-0.2, -0.15) is 0 Å². The molecule has 15 heavy (non-hydrogen) atoms. The summed E-state index contributed by atoms with van der Waals surface area (Å²) in [6.07, 6.45) is 4.20. The van der Waals surface area contributed by atoms with E-state index in [0.717, 1.165) is 12.7 Å². The molecule has 1 aromatic rings. The second-order valence-corrected chi connectivity index (χ2v) is 4.66. The number of piperidine rings is 1. The van der Waals surface area contributed by atoms with Crippen LogP contribution in [0.25, 0.3) is 0 Å². The van der Waals surface area contributed by atoms with Crippen molar-refractivity contribution in [2.45, 2.75) is 25.3 Å². The Morgan fingerprint density at radius 1 is 1.07 bits per heavy atom. The molecule has 0 amide bonds. The van der Waals surface area contributed by atoms with E-state index in [1.54, 1.807) is 0 Å². The fourth-order valence-electron chi connectivity index (χ4n) is 2.81. The van der Waals surface area contributed by atoms with E-state index in [2.05, 4.69) is 40.1 Å². The van der Waals surface area contributed by atoms with Gasteiger partial charge in [-0.15, -0.1) is 0 Å². The zero-order valence-corrected chi connectivity index (χ0v) is 9.10. The van der Waals surface area contributed by atoms with Crippen molar-refractivity contribution < 1.29 is 0 Å². The summed E-state index contributed by atoms with van der Waals surface area (Å²) in [5, 5.41) is 0. The van der Waals surface area contributed by atoms with Crippen LogP contribution in [0.15, 0.2) is 30.3 Å². The lowest BCUT2D eigenvalue weighted by Crippen LogP contribution is -2.35. The quantitative estimate of drug-likeness (QED) is 0.689. The first-order chi connectivity index (χ1) is 7.43. The van der Waals surface area contributed by atoms with E-state index >= 15 is 0 Å². The van der Waals surface area contributed by atoms with Gasteiger partial charge in [-0.1, -0.05) is 24.6 Å². The molecule has 2 aliphatic heterocycles. The summed E-state index contributed by atoms with van der Waals surface area (Å²) in [6, 6.07) is 11.6. The fourth-order valence-corrected chi connectivity index (χ4v) is 2.81. The third-order valence-electron chi connectivity index (χ3n) is 3.65. The first-order valence-corrected chi connectivity index (χ1v) is 5.97. The van der Waals surface area contributed by atoms with E-state index in [9.17, 15) is 0 Å². The molecule has 2 heterocycles. The molecule has 0 N–H and O–H groups in total. The lowest BCUT2D eigenvalue weighted by Gasteiger charge is -2.27. The van der Waals surface area contributed by atoms with Gasteiger partial charge in [0, 0.05) is 24.8 Å². The highest BCUT2D eigenvalue weighted by molar-refractivity contribution is 5.47. The number of anilines is 1. The smallest absolute Gasteiger partial charge is 0.0710 e. The second-order valence-electron chi connectivity index (χ2n) is 4.66. The Morgan fingerprint density at radius 3 is 2.73 bits per heavy atom. The number of para-hydroxylation sites is 1. The lowest BCUT2D eigenvalue weighted by atomic mass is 10.0. The Hall–Kier alpha value is -1.02. The molecule has 2 fully saturated rings. The van der Waals surface area contributed by atoms with Gasteiger partial charge in [-0.05, 0) is 25.0 Å². The molecule has 2 heteroatoms. The summed E-state index contributed by atoms with van der Waals surface area (Å²) < 4.78 is 0. The molecular weight excluding hydrogens is 184 g/mol. The van der Waals surface area contributed by atoms with Gasteiger partial charge in [0.1, 0.15) is 0 Å². The molecule has 0 radical (unpaired) electrons. The molecule has 2 nitrogen and oxygen atoms in total. The van der Waals surface area contributed by atoms with Crippen molar-refractivity contribution in [1.82, 2.24) is 4.90 Å². The average molecular weight is 202 g/mol. The van der Waals surface area contributed by atoms with Crippen LogP contribution in [0.5, 0.6) is 0 Å². The van der Waals surface area contributed by atoms with Crippen LogP contribution in [0, 0.1) is 0 Å². The van der Waals surface area contributed by atoms with Gasteiger partial charge in [-0.3, -0.25) is 4.90 Å². The number of benzene rings is 1. The maximum absolute atomic E-state index is 2.64. The molecule has 1 unspecified atom stereocenters. The summed E-state index contributed by atoms with van der Waals surface area (Å²) in [7, 11) is 0. The normalized spacial score (nSPS) is 26.7. The maximum atomic E-state index is 2.64. The lowest BCUT2D eigenvalue weighted by molar-refractivity contribution is 0.204. The summed E-state index contributed by atoms with van der Waals surface area (Å²) in [5.41, 5.74) is 1.38. The van der Waals surface area contributed by atoms with Crippen molar-refractivity contribution >= 4 is 5.69 Å². The largest absolute Gasteiger partial charge is 0.357 e. The fraction of sp³-hybridized carbons (Fsp3) is 0.538. The summed E-state index contributed by atoms with van der Waals surface area (Å²) >= 11 is 0. The SMILES string of the molecule is c1ccc(N2CC3CCCCN3C2)cc1. The van der Waals surface area contributed by atoms with Crippen LogP contribution in [0.1, 0.15) is 19.3 Å². The number of rotatable bonds is 1. The average Bonchev–Trinajstić information content (AvgIpc) is 2.74. The van der Waals surface area contributed by atoms with Gasteiger partial charge < -0.3 is 4.90 Å². The molecule has 1 aromatic carbocycles. The summed E-state index contributed by atoms with van der Waals surface area (Å²) in [6.45, 7) is 3.66. The highest BCUT2D eigenvalue weighted by atomic mass is 15.4. The van der Waals surface area contributed by atoms with Gasteiger partial charge in [0.25, 0.3) is 0 Å². The molecule has 0 spiro atoms. The minimum atomic E-state index is 0.818. The van der Waals surface area contributed by atoms with Crippen LogP contribution in [-0.2, 0) is 0 Å². The van der Waals surface area contributed by atoms with Crippen molar-refractivity contribution in [1.29, 1.82) is 0 Å². The van der Waals surface area contributed by atoms with E-state index in [1.807, 2.05) is 0 Å². The molecule has 80 valence electrons. The van der Waals surface area contributed by atoms with Crippen LogP contribution in [-0.4, -0.2) is 30.7 Å². The molecule has 1 atom stereocenters. The van der Waals surface area contributed by atoms with Crippen LogP contribution < -0.4 is 4.90 Å². The molecular formula is C13H18N2. The van der Waals surface area contributed by atoms with E-state index in [-0.39, 0.29) is 0 Å². The molecule has 0 bridgehead atoms. The topological polar surface area (TPSA) is 6.48 Å². The number of fused-ring (bicyclic) bond motifs is 1. The van der Waals surface area contributed by atoms with Crippen molar-refractivity contribution in [3.63, 3.8) is 0 Å². The molecule has 0 aliphatic carbocycles. The third-order valence-corrected chi connectivity index (χ3v) is 3.65. The highest BCUT2D eigenvalue weighted by Crippen LogP contribution is 2.27. The Morgan fingerprint density at radius 2 is 1.93 bits per heavy atom. The van der Waals surface area contributed by atoms with Gasteiger partial charge in [0.15, 0.2) is 0 Å². The molecule has 0 aromatic heterocycles. The van der Waals surface area contributed by atoms with Crippen molar-refractivity contribution in [2.75, 3.05) is 24.7 Å². The van der Waals surface area contributed by atoms with Gasteiger partial charge in [0.2, 0.25) is 0 Å². The predicted molar refractivity (Wildman–Crippen MR) is 63.0 cm³/mol. The molecule has 0 saturated carbocycles. The zero-order chi connectivity index (χ0) is 10.1. The number of nitrogens with zero attached hydrogens (tertiary/aromatic N) is 2. The van der Waals surface area contributed by atoms with E-state index < -0.39 is 0 Å². The Labute approximate surface area is 91.5 Å². The van der Waals surface area contributed by atoms with Gasteiger partial charge in [-0.25, -0.2) is 0 Å². The van der Waals surface area contributed by atoms with Crippen molar-refractivity contribution in [3.05, 3.63) is 30.3 Å². The number of hydrogen-bond acceptors (Lipinski definition) is 2. The Balaban J connectivity index is 1.75. The van der Waals surface area contributed by atoms with Crippen LogP contribution >= 0.6 is 0 Å². The Kier molecular flexibility index (Phi) is 2.37. The minimum absolute atomic E-state index is 0.818. The third kappa shape index (κ3) is 1.74. The van der Waals surface area contributed by atoms with E-state index in [0.29, 0.717) is 0 Å². The van der Waals surface area contributed by atoms with Crippen molar-refractivity contribution in [3.8, 4) is 0 Å². The maximum Gasteiger partial charge on any atom is 0.0710 e. The van der Waals surface area contributed by atoms with Crippen LogP contribution in [0.2, 0.25) is 0 Å². The Bertz CT molecular complexity index is 309. The molecule has 2 aliphatic rings.